The van der Waals surface area contributed by atoms with Crippen molar-refractivity contribution >= 4 is 5.65 Å². The Labute approximate surface area is 140 Å². The van der Waals surface area contributed by atoms with E-state index in [0.717, 1.165) is 48.1 Å². The average molecular weight is 323 g/mol. The lowest BCUT2D eigenvalue weighted by Crippen LogP contribution is -2.34. The minimum atomic E-state index is -0.0242. The number of rotatable bonds is 2. The summed E-state index contributed by atoms with van der Waals surface area (Å²) in [5.41, 5.74) is 4.90. The molecule has 4 rings (SSSR count). The molecule has 24 heavy (non-hydrogen) atoms. The molecule has 0 saturated carbocycles. The fourth-order valence-electron chi connectivity index (χ4n) is 3.42. The molecule has 3 aromatic heterocycles. The van der Waals surface area contributed by atoms with Gasteiger partial charge in [-0.2, -0.15) is 0 Å². The topological polar surface area (TPSA) is 55.4 Å². The van der Waals surface area contributed by atoms with Crippen molar-refractivity contribution in [1.82, 2.24) is 23.8 Å². The molecule has 0 unspecified atom stereocenters. The highest BCUT2D eigenvalue weighted by molar-refractivity contribution is 5.46. The van der Waals surface area contributed by atoms with Crippen molar-refractivity contribution in [2.24, 2.45) is 0 Å². The van der Waals surface area contributed by atoms with Gasteiger partial charge >= 0.3 is 0 Å². The minimum Gasteiger partial charge on any atom is -0.330 e. The molecule has 1 aliphatic heterocycles. The van der Waals surface area contributed by atoms with Crippen LogP contribution in [0.15, 0.2) is 29.2 Å². The van der Waals surface area contributed by atoms with E-state index in [0.29, 0.717) is 6.54 Å². The Bertz CT molecular complexity index is 985. The van der Waals surface area contributed by atoms with Crippen LogP contribution < -0.4 is 5.56 Å². The highest BCUT2D eigenvalue weighted by Gasteiger charge is 2.21. The maximum Gasteiger partial charge on any atom is 0.258 e. The summed E-state index contributed by atoms with van der Waals surface area (Å²) in [5.74, 6) is 1.10. The summed E-state index contributed by atoms with van der Waals surface area (Å²) >= 11 is 0. The second-order valence-electron chi connectivity index (χ2n) is 6.53. The molecule has 0 radical (unpaired) electrons. The van der Waals surface area contributed by atoms with Crippen molar-refractivity contribution in [2.45, 2.75) is 40.4 Å². The first-order valence-electron chi connectivity index (χ1n) is 8.26. The van der Waals surface area contributed by atoms with E-state index in [1.165, 1.54) is 5.69 Å². The molecule has 0 aromatic carbocycles. The van der Waals surface area contributed by atoms with E-state index in [4.69, 9.17) is 4.98 Å². The molecule has 0 aliphatic carbocycles. The van der Waals surface area contributed by atoms with Gasteiger partial charge in [0.15, 0.2) is 0 Å². The predicted molar refractivity (Wildman–Crippen MR) is 92.0 cm³/mol. The van der Waals surface area contributed by atoms with Gasteiger partial charge in [-0.15, -0.1) is 0 Å². The second kappa shape index (κ2) is 5.56. The van der Waals surface area contributed by atoms with Crippen molar-refractivity contribution in [3.05, 3.63) is 63.2 Å². The van der Waals surface area contributed by atoms with Crippen LogP contribution in [0, 0.1) is 20.8 Å². The van der Waals surface area contributed by atoms with E-state index >= 15 is 0 Å². The lowest BCUT2D eigenvalue weighted by atomic mass is 10.2. The van der Waals surface area contributed by atoms with Crippen LogP contribution in [0.25, 0.3) is 5.65 Å². The zero-order valence-corrected chi connectivity index (χ0v) is 14.3. The van der Waals surface area contributed by atoms with Crippen LogP contribution in [0.3, 0.4) is 0 Å². The Morgan fingerprint density at radius 1 is 1.17 bits per heavy atom. The van der Waals surface area contributed by atoms with E-state index in [-0.39, 0.29) is 5.56 Å². The summed E-state index contributed by atoms with van der Waals surface area (Å²) in [4.78, 5) is 24.0. The quantitative estimate of drug-likeness (QED) is 0.722. The predicted octanol–water partition coefficient (Wildman–Crippen LogP) is 1.83. The Hall–Kier alpha value is -2.47. The molecular formula is C18H21N5O. The van der Waals surface area contributed by atoms with E-state index in [2.05, 4.69) is 28.3 Å². The smallest absolute Gasteiger partial charge is 0.258 e. The van der Waals surface area contributed by atoms with Crippen LogP contribution in [0.4, 0.5) is 0 Å². The molecule has 4 heterocycles. The van der Waals surface area contributed by atoms with E-state index in [9.17, 15) is 4.79 Å². The van der Waals surface area contributed by atoms with E-state index in [1.807, 2.05) is 19.1 Å². The van der Waals surface area contributed by atoms with Crippen LogP contribution in [0.1, 0.15) is 28.5 Å². The summed E-state index contributed by atoms with van der Waals surface area (Å²) in [6.45, 7) is 9.51. The molecular weight excluding hydrogens is 302 g/mol. The molecule has 0 fully saturated rings. The first-order chi connectivity index (χ1) is 11.5. The SMILES string of the molecule is Cc1nc2n(c1C)CCN(Cc1cc(=O)n3cccc(C)c3n1)C2. The third kappa shape index (κ3) is 2.43. The first kappa shape index (κ1) is 15.1. The lowest BCUT2D eigenvalue weighted by Gasteiger charge is -2.27. The van der Waals surface area contributed by atoms with Gasteiger partial charge < -0.3 is 4.57 Å². The largest absolute Gasteiger partial charge is 0.330 e. The monoisotopic (exact) mass is 323 g/mol. The van der Waals surface area contributed by atoms with Crippen LogP contribution in [-0.2, 0) is 19.6 Å². The van der Waals surface area contributed by atoms with Gasteiger partial charge in [0.2, 0.25) is 0 Å². The standard InChI is InChI=1S/C18H21N5O/c1-12-5-4-6-23-17(24)9-15(20-18(12)23)10-21-7-8-22-14(3)13(2)19-16(22)11-21/h4-6,9H,7-8,10-11H2,1-3H3. The number of imidazole rings is 1. The lowest BCUT2D eigenvalue weighted by molar-refractivity contribution is 0.205. The average Bonchev–Trinajstić information content (AvgIpc) is 2.83. The zero-order chi connectivity index (χ0) is 16.8. The normalized spacial score (nSPS) is 15.0. The summed E-state index contributed by atoms with van der Waals surface area (Å²) in [5, 5.41) is 0. The molecule has 0 saturated heterocycles. The van der Waals surface area contributed by atoms with E-state index < -0.39 is 0 Å². The molecule has 0 N–H and O–H groups in total. The summed E-state index contributed by atoms with van der Waals surface area (Å²) in [6.07, 6.45) is 1.77. The first-order valence-corrected chi connectivity index (χ1v) is 8.26. The Morgan fingerprint density at radius 3 is 2.83 bits per heavy atom. The van der Waals surface area contributed by atoms with Crippen LogP contribution >= 0.6 is 0 Å². The highest BCUT2D eigenvalue weighted by atomic mass is 16.1. The van der Waals surface area contributed by atoms with Gasteiger partial charge in [0.05, 0.1) is 17.9 Å². The molecule has 124 valence electrons. The summed E-state index contributed by atoms with van der Waals surface area (Å²) < 4.78 is 3.90. The highest BCUT2D eigenvalue weighted by Crippen LogP contribution is 2.18. The van der Waals surface area contributed by atoms with Gasteiger partial charge in [-0.3, -0.25) is 14.1 Å². The zero-order valence-electron chi connectivity index (χ0n) is 14.3. The van der Waals surface area contributed by atoms with Gasteiger partial charge in [-0.05, 0) is 32.4 Å². The number of aryl methyl sites for hydroxylation is 2. The number of pyridine rings is 1. The maximum absolute atomic E-state index is 12.3. The summed E-state index contributed by atoms with van der Waals surface area (Å²) in [6, 6.07) is 5.50. The third-order valence-corrected chi connectivity index (χ3v) is 4.87. The molecule has 1 aliphatic rings. The Balaban J connectivity index is 1.63. The summed E-state index contributed by atoms with van der Waals surface area (Å²) in [7, 11) is 0. The van der Waals surface area contributed by atoms with Crippen molar-refractivity contribution in [3.8, 4) is 0 Å². The molecule has 3 aromatic rings. The number of hydrogen-bond acceptors (Lipinski definition) is 4. The minimum absolute atomic E-state index is 0.0242. The fourth-order valence-corrected chi connectivity index (χ4v) is 3.42. The number of hydrogen-bond donors (Lipinski definition) is 0. The van der Waals surface area contributed by atoms with Crippen molar-refractivity contribution in [1.29, 1.82) is 0 Å². The fraction of sp³-hybridized carbons (Fsp3) is 0.389. The van der Waals surface area contributed by atoms with Crippen molar-refractivity contribution < 1.29 is 0 Å². The van der Waals surface area contributed by atoms with Gasteiger partial charge in [-0.25, -0.2) is 9.97 Å². The van der Waals surface area contributed by atoms with Crippen LogP contribution in [-0.4, -0.2) is 30.4 Å². The molecule has 0 bridgehead atoms. The number of nitrogens with zero attached hydrogens (tertiary/aromatic N) is 5. The van der Waals surface area contributed by atoms with Crippen molar-refractivity contribution in [2.75, 3.05) is 6.54 Å². The van der Waals surface area contributed by atoms with Crippen LogP contribution in [0.5, 0.6) is 0 Å². The number of aromatic nitrogens is 4. The molecule has 6 nitrogen and oxygen atoms in total. The number of fused-ring (bicyclic) bond motifs is 2. The van der Waals surface area contributed by atoms with Crippen LogP contribution in [0.2, 0.25) is 0 Å². The molecule has 0 amide bonds. The molecule has 6 heteroatoms. The van der Waals surface area contributed by atoms with Crippen molar-refractivity contribution in [3.63, 3.8) is 0 Å². The third-order valence-electron chi connectivity index (χ3n) is 4.87. The Kier molecular flexibility index (Phi) is 3.49. The second-order valence-corrected chi connectivity index (χ2v) is 6.53. The maximum atomic E-state index is 12.3. The Morgan fingerprint density at radius 2 is 2.00 bits per heavy atom. The van der Waals surface area contributed by atoms with Gasteiger partial charge in [0, 0.05) is 37.6 Å². The van der Waals surface area contributed by atoms with Gasteiger partial charge in [0.1, 0.15) is 11.5 Å². The molecule has 0 spiro atoms. The van der Waals surface area contributed by atoms with Gasteiger partial charge in [-0.1, -0.05) is 6.07 Å². The molecule has 0 atom stereocenters. The van der Waals surface area contributed by atoms with E-state index in [1.54, 1.807) is 16.7 Å². The van der Waals surface area contributed by atoms with Gasteiger partial charge in [0.25, 0.3) is 5.56 Å².